The molecule has 0 aromatic carbocycles. The fourth-order valence-corrected chi connectivity index (χ4v) is 2.47. The van der Waals surface area contributed by atoms with Crippen LogP contribution in [0.5, 0.6) is 0 Å². The number of hydrogen-bond acceptors (Lipinski definition) is 3. The molecule has 1 aromatic heterocycles. The van der Waals surface area contributed by atoms with Crippen LogP contribution in [0.2, 0.25) is 0 Å². The fourth-order valence-electron chi connectivity index (χ4n) is 1.72. The second kappa shape index (κ2) is 4.97. The highest BCUT2D eigenvalue weighted by atomic mass is 32.1. The number of carboxylic acids is 1. The van der Waals surface area contributed by atoms with Crippen LogP contribution < -0.4 is 10.6 Å². The number of carboxylic acid groups (broad SMARTS) is 1. The summed E-state index contributed by atoms with van der Waals surface area (Å²) in [5.74, 6) is -0.825. The number of nitrogens with one attached hydrogen (secondary N) is 2. The summed E-state index contributed by atoms with van der Waals surface area (Å²) < 4.78 is 0. The Kier molecular flexibility index (Phi) is 3.56. The van der Waals surface area contributed by atoms with Gasteiger partial charge in [0.25, 0.3) is 0 Å². The Hall–Kier alpha value is -1.56. The van der Waals surface area contributed by atoms with E-state index in [-0.39, 0.29) is 18.6 Å². The van der Waals surface area contributed by atoms with Gasteiger partial charge in [0.2, 0.25) is 0 Å². The average Bonchev–Trinajstić information content (AvgIpc) is 2.92. The quantitative estimate of drug-likeness (QED) is 0.764. The van der Waals surface area contributed by atoms with Crippen molar-refractivity contribution in [2.24, 2.45) is 5.41 Å². The predicted molar refractivity (Wildman–Crippen MR) is 68.6 cm³/mol. The number of aliphatic carboxylic acids is 1. The van der Waals surface area contributed by atoms with Crippen LogP contribution in [0.1, 0.15) is 31.4 Å². The van der Waals surface area contributed by atoms with Gasteiger partial charge in [-0.05, 0) is 42.2 Å². The maximum atomic E-state index is 11.6. The van der Waals surface area contributed by atoms with Crippen molar-refractivity contribution in [2.75, 3.05) is 6.54 Å². The number of urea groups is 1. The van der Waals surface area contributed by atoms with Gasteiger partial charge in [-0.3, -0.25) is 4.79 Å². The first kappa shape index (κ1) is 12.9. The first-order chi connectivity index (χ1) is 8.53. The zero-order valence-electron chi connectivity index (χ0n) is 10.1. The van der Waals surface area contributed by atoms with E-state index in [2.05, 4.69) is 10.6 Å². The standard InChI is InChI=1S/C12H16N2O3S/c1-8(9-2-5-18-6-9)14-11(17)13-7-12(3-4-12)10(15)16/h2,5-6,8H,3-4,7H2,1H3,(H,15,16)(H2,13,14,17). The van der Waals surface area contributed by atoms with Crippen molar-refractivity contribution >= 4 is 23.3 Å². The van der Waals surface area contributed by atoms with Crippen LogP contribution in [0, 0.1) is 5.41 Å². The zero-order valence-corrected chi connectivity index (χ0v) is 10.9. The molecule has 1 aromatic rings. The Bertz CT molecular complexity index is 440. The van der Waals surface area contributed by atoms with Crippen LogP contribution in [0.25, 0.3) is 0 Å². The van der Waals surface area contributed by atoms with E-state index in [0.29, 0.717) is 12.8 Å². The van der Waals surface area contributed by atoms with E-state index in [0.717, 1.165) is 5.56 Å². The molecule has 2 amide bonds. The van der Waals surface area contributed by atoms with Gasteiger partial charge in [-0.2, -0.15) is 11.3 Å². The van der Waals surface area contributed by atoms with Crippen molar-refractivity contribution in [3.05, 3.63) is 22.4 Å². The van der Waals surface area contributed by atoms with Crippen molar-refractivity contribution in [2.45, 2.75) is 25.8 Å². The molecular weight excluding hydrogens is 252 g/mol. The molecule has 1 saturated carbocycles. The number of thiophene rings is 1. The Morgan fingerprint density at radius 3 is 2.78 bits per heavy atom. The molecular formula is C12H16N2O3S. The highest BCUT2D eigenvalue weighted by molar-refractivity contribution is 7.07. The molecule has 0 aliphatic heterocycles. The van der Waals surface area contributed by atoms with Crippen LogP contribution in [0.4, 0.5) is 4.79 Å². The summed E-state index contributed by atoms with van der Waals surface area (Å²) >= 11 is 1.58. The molecule has 6 heteroatoms. The zero-order chi connectivity index (χ0) is 13.2. The van der Waals surface area contributed by atoms with E-state index < -0.39 is 11.4 Å². The van der Waals surface area contributed by atoms with Crippen molar-refractivity contribution in [1.29, 1.82) is 0 Å². The van der Waals surface area contributed by atoms with Gasteiger partial charge >= 0.3 is 12.0 Å². The summed E-state index contributed by atoms with van der Waals surface area (Å²) in [7, 11) is 0. The van der Waals surface area contributed by atoms with Crippen LogP contribution in [0.3, 0.4) is 0 Å². The Labute approximate surface area is 109 Å². The van der Waals surface area contributed by atoms with E-state index >= 15 is 0 Å². The Morgan fingerprint density at radius 2 is 2.28 bits per heavy atom. The molecule has 1 atom stereocenters. The molecule has 1 unspecified atom stereocenters. The highest BCUT2D eigenvalue weighted by Crippen LogP contribution is 2.45. The molecule has 0 bridgehead atoms. The summed E-state index contributed by atoms with van der Waals surface area (Å²) in [4.78, 5) is 22.6. The number of carbonyl (C=O) groups excluding carboxylic acids is 1. The van der Waals surface area contributed by atoms with E-state index in [1.54, 1.807) is 11.3 Å². The molecule has 0 radical (unpaired) electrons. The molecule has 98 valence electrons. The van der Waals surface area contributed by atoms with Crippen molar-refractivity contribution in [1.82, 2.24) is 10.6 Å². The van der Waals surface area contributed by atoms with Crippen LogP contribution in [-0.2, 0) is 4.79 Å². The number of carbonyl (C=O) groups is 2. The third kappa shape index (κ3) is 2.81. The molecule has 0 saturated heterocycles. The maximum Gasteiger partial charge on any atom is 0.315 e. The minimum atomic E-state index is -0.825. The minimum absolute atomic E-state index is 0.0729. The minimum Gasteiger partial charge on any atom is -0.481 e. The van der Waals surface area contributed by atoms with Gasteiger partial charge in [0.15, 0.2) is 0 Å². The molecule has 1 aliphatic rings. The van der Waals surface area contributed by atoms with Gasteiger partial charge in [0.05, 0.1) is 11.5 Å². The SMILES string of the molecule is CC(NC(=O)NCC1(C(=O)O)CC1)c1ccsc1. The molecule has 1 fully saturated rings. The second-order valence-corrected chi connectivity index (χ2v) is 5.47. The topological polar surface area (TPSA) is 78.4 Å². The van der Waals surface area contributed by atoms with E-state index in [9.17, 15) is 9.59 Å². The molecule has 5 nitrogen and oxygen atoms in total. The van der Waals surface area contributed by atoms with E-state index in [1.165, 1.54) is 0 Å². The van der Waals surface area contributed by atoms with Gasteiger partial charge in [0, 0.05) is 6.54 Å². The first-order valence-corrected chi connectivity index (χ1v) is 6.78. The predicted octanol–water partition coefficient (Wildman–Crippen LogP) is 1.97. The lowest BCUT2D eigenvalue weighted by Crippen LogP contribution is -2.41. The normalized spacial score (nSPS) is 17.8. The highest BCUT2D eigenvalue weighted by Gasteiger charge is 2.50. The van der Waals surface area contributed by atoms with Gasteiger partial charge in [-0.25, -0.2) is 4.79 Å². The molecule has 18 heavy (non-hydrogen) atoms. The molecule has 0 spiro atoms. The summed E-state index contributed by atoms with van der Waals surface area (Å²) in [5, 5.41) is 18.3. The van der Waals surface area contributed by atoms with Crippen LogP contribution in [0.15, 0.2) is 16.8 Å². The van der Waals surface area contributed by atoms with Crippen molar-refractivity contribution in [3.63, 3.8) is 0 Å². The van der Waals surface area contributed by atoms with E-state index in [4.69, 9.17) is 5.11 Å². The largest absolute Gasteiger partial charge is 0.481 e. The molecule has 3 N–H and O–H groups in total. The summed E-state index contributed by atoms with van der Waals surface area (Å²) in [6.07, 6.45) is 1.28. The average molecular weight is 268 g/mol. The maximum absolute atomic E-state index is 11.6. The van der Waals surface area contributed by atoms with Crippen molar-refractivity contribution < 1.29 is 14.7 Å². The van der Waals surface area contributed by atoms with Crippen LogP contribution in [-0.4, -0.2) is 23.7 Å². The smallest absolute Gasteiger partial charge is 0.315 e. The third-order valence-corrected chi connectivity index (χ3v) is 3.99. The van der Waals surface area contributed by atoms with Gasteiger partial charge in [-0.15, -0.1) is 0 Å². The monoisotopic (exact) mass is 268 g/mol. The Morgan fingerprint density at radius 1 is 1.56 bits per heavy atom. The van der Waals surface area contributed by atoms with Gasteiger partial charge < -0.3 is 15.7 Å². The lowest BCUT2D eigenvalue weighted by atomic mass is 10.1. The molecule has 1 heterocycles. The summed E-state index contributed by atoms with van der Waals surface area (Å²) in [6.45, 7) is 2.09. The third-order valence-electron chi connectivity index (χ3n) is 3.29. The number of rotatable bonds is 5. The number of amides is 2. The molecule has 1 aliphatic carbocycles. The molecule has 2 rings (SSSR count). The second-order valence-electron chi connectivity index (χ2n) is 4.69. The lowest BCUT2D eigenvalue weighted by molar-refractivity contribution is -0.143. The van der Waals surface area contributed by atoms with Gasteiger partial charge in [0.1, 0.15) is 0 Å². The first-order valence-electron chi connectivity index (χ1n) is 5.83. The summed E-state index contributed by atoms with van der Waals surface area (Å²) in [6, 6.07) is 1.56. The number of hydrogen-bond donors (Lipinski definition) is 3. The van der Waals surface area contributed by atoms with Crippen LogP contribution >= 0.6 is 11.3 Å². The van der Waals surface area contributed by atoms with Crippen molar-refractivity contribution in [3.8, 4) is 0 Å². The lowest BCUT2D eigenvalue weighted by Gasteiger charge is -2.15. The van der Waals surface area contributed by atoms with Gasteiger partial charge in [-0.1, -0.05) is 0 Å². The van der Waals surface area contributed by atoms with E-state index in [1.807, 2.05) is 23.8 Å². The fraction of sp³-hybridized carbons (Fsp3) is 0.500. The Balaban J connectivity index is 1.78. The summed E-state index contributed by atoms with van der Waals surface area (Å²) in [5.41, 5.74) is 0.331.